The quantitative estimate of drug-likeness (QED) is 0.670. The number of amides is 1. The molecule has 3 rings (SSSR count). The van der Waals surface area contributed by atoms with Crippen molar-refractivity contribution in [3.8, 4) is 11.3 Å². The Morgan fingerprint density at radius 2 is 2.08 bits per heavy atom. The number of hydrogen-bond acceptors (Lipinski definition) is 4. The fourth-order valence-corrected chi connectivity index (χ4v) is 2.38. The van der Waals surface area contributed by atoms with Crippen molar-refractivity contribution in [2.45, 2.75) is 19.4 Å². The maximum atomic E-state index is 12.2. The van der Waals surface area contributed by atoms with Crippen molar-refractivity contribution in [2.75, 3.05) is 13.6 Å². The molecule has 0 fully saturated rings. The minimum absolute atomic E-state index is 0.0709. The summed E-state index contributed by atoms with van der Waals surface area (Å²) in [6.07, 6.45) is 6.20. The fourth-order valence-electron chi connectivity index (χ4n) is 2.38. The van der Waals surface area contributed by atoms with Crippen LogP contribution in [0, 0.1) is 0 Å². The molecular formula is C18H20N4O2. The first-order chi connectivity index (χ1) is 11.7. The van der Waals surface area contributed by atoms with Crippen LogP contribution in [0.15, 0.2) is 59.4 Å². The zero-order chi connectivity index (χ0) is 16.8. The second-order valence-electron chi connectivity index (χ2n) is 5.57. The highest BCUT2D eigenvalue weighted by Crippen LogP contribution is 2.20. The van der Waals surface area contributed by atoms with Gasteiger partial charge in [-0.05, 0) is 6.07 Å². The number of aryl methyl sites for hydroxylation is 1. The molecule has 3 aromatic rings. The van der Waals surface area contributed by atoms with E-state index in [2.05, 4.69) is 10.1 Å². The van der Waals surface area contributed by atoms with Crippen molar-refractivity contribution in [1.29, 1.82) is 0 Å². The van der Waals surface area contributed by atoms with Gasteiger partial charge in [-0.15, -0.1) is 0 Å². The topological polar surface area (TPSA) is 64.2 Å². The fraction of sp³-hybridized carbons (Fsp3) is 0.278. The minimum atomic E-state index is 0.0709. The van der Waals surface area contributed by atoms with Crippen LogP contribution >= 0.6 is 0 Å². The lowest BCUT2D eigenvalue weighted by molar-refractivity contribution is -0.130. The Hall–Kier alpha value is -2.89. The molecule has 1 aromatic carbocycles. The highest BCUT2D eigenvalue weighted by molar-refractivity contribution is 5.76. The van der Waals surface area contributed by atoms with Gasteiger partial charge in [0.25, 0.3) is 0 Å². The monoisotopic (exact) mass is 324 g/mol. The molecule has 0 aliphatic carbocycles. The first-order valence-corrected chi connectivity index (χ1v) is 7.94. The highest BCUT2D eigenvalue weighted by atomic mass is 16.4. The first-order valence-electron chi connectivity index (χ1n) is 7.94. The van der Waals surface area contributed by atoms with E-state index in [0.29, 0.717) is 31.8 Å². The summed E-state index contributed by atoms with van der Waals surface area (Å²) in [7, 11) is 1.80. The van der Waals surface area contributed by atoms with Crippen LogP contribution in [-0.4, -0.2) is 39.2 Å². The van der Waals surface area contributed by atoms with E-state index < -0.39 is 0 Å². The smallest absolute Gasteiger partial charge is 0.222 e. The Morgan fingerprint density at radius 1 is 1.25 bits per heavy atom. The molecule has 0 aliphatic rings. The molecule has 0 saturated carbocycles. The lowest BCUT2D eigenvalue weighted by atomic mass is 10.2. The molecule has 0 aliphatic heterocycles. The van der Waals surface area contributed by atoms with E-state index in [9.17, 15) is 4.79 Å². The number of hydrogen-bond donors (Lipinski definition) is 0. The Morgan fingerprint density at radius 3 is 2.83 bits per heavy atom. The van der Waals surface area contributed by atoms with E-state index >= 15 is 0 Å². The third-order valence-corrected chi connectivity index (χ3v) is 3.81. The lowest BCUT2D eigenvalue weighted by Gasteiger charge is -2.16. The number of carbonyl (C=O) groups is 1. The van der Waals surface area contributed by atoms with Crippen molar-refractivity contribution >= 4 is 5.91 Å². The summed E-state index contributed by atoms with van der Waals surface area (Å²) in [5, 5.41) is 4.13. The number of benzene rings is 1. The van der Waals surface area contributed by atoms with Crippen LogP contribution in [0.3, 0.4) is 0 Å². The number of likely N-dealkylation sites (N-methyl/N-ethyl adjacent to an activating group) is 1. The molecule has 0 atom stereocenters. The average molecular weight is 324 g/mol. The van der Waals surface area contributed by atoms with Crippen LogP contribution < -0.4 is 0 Å². The number of rotatable bonds is 7. The molecule has 0 unspecified atom stereocenters. The predicted octanol–water partition coefficient (Wildman–Crippen LogP) is 2.63. The van der Waals surface area contributed by atoms with Gasteiger partial charge in [-0.25, -0.2) is 4.98 Å². The molecule has 1 amide bonds. The molecule has 0 saturated heterocycles. The van der Waals surface area contributed by atoms with Gasteiger partial charge in [0, 0.05) is 44.4 Å². The predicted molar refractivity (Wildman–Crippen MR) is 90.1 cm³/mol. The van der Waals surface area contributed by atoms with Gasteiger partial charge in [-0.2, -0.15) is 5.10 Å². The van der Waals surface area contributed by atoms with Gasteiger partial charge in [0.2, 0.25) is 5.91 Å². The van der Waals surface area contributed by atoms with Crippen molar-refractivity contribution in [2.24, 2.45) is 0 Å². The summed E-state index contributed by atoms with van der Waals surface area (Å²) in [5.41, 5.74) is 0.985. The van der Waals surface area contributed by atoms with Crippen molar-refractivity contribution in [1.82, 2.24) is 19.7 Å². The number of carbonyl (C=O) groups excluding carboxylic acids is 1. The SMILES string of the molecule is CN(CCn1cccn1)C(=O)CCc1ncc(-c2ccccc2)o1. The van der Waals surface area contributed by atoms with Gasteiger partial charge >= 0.3 is 0 Å². The Bertz CT molecular complexity index is 765. The van der Waals surface area contributed by atoms with Crippen molar-refractivity contribution in [3.05, 3.63) is 60.9 Å². The second kappa shape index (κ2) is 7.59. The molecule has 0 N–H and O–H groups in total. The van der Waals surface area contributed by atoms with Crippen LogP contribution in [0.5, 0.6) is 0 Å². The summed E-state index contributed by atoms with van der Waals surface area (Å²) < 4.78 is 7.53. The molecule has 2 heterocycles. The highest BCUT2D eigenvalue weighted by Gasteiger charge is 2.12. The average Bonchev–Trinajstić information content (AvgIpc) is 3.30. The summed E-state index contributed by atoms with van der Waals surface area (Å²) in [4.78, 5) is 18.1. The van der Waals surface area contributed by atoms with Crippen LogP contribution in [0.4, 0.5) is 0 Å². The van der Waals surface area contributed by atoms with Crippen LogP contribution in [-0.2, 0) is 17.8 Å². The van der Waals surface area contributed by atoms with Gasteiger partial charge < -0.3 is 9.32 Å². The van der Waals surface area contributed by atoms with E-state index in [4.69, 9.17) is 4.42 Å². The molecule has 0 bridgehead atoms. The molecule has 24 heavy (non-hydrogen) atoms. The van der Waals surface area contributed by atoms with Crippen LogP contribution in [0.1, 0.15) is 12.3 Å². The van der Waals surface area contributed by atoms with Gasteiger partial charge in [0.1, 0.15) is 0 Å². The zero-order valence-corrected chi connectivity index (χ0v) is 13.6. The van der Waals surface area contributed by atoms with Crippen molar-refractivity contribution < 1.29 is 9.21 Å². The third kappa shape index (κ3) is 4.10. The number of oxazole rings is 1. The molecule has 0 radical (unpaired) electrons. The summed E-state index contributed by atoms with van der Waals surface area (Å²) in [5.74, 6) is 1.38. The van der Waals surface area contributed by atoms with Crippen LogP contribution in [0.2, 0.25) is 0 Å². The largest absolute Gasteiger partial charge is 0.441 e. The van der Waals surface area contributed by atoms with Crippen molar-refractivity contribution in [3.63, 3.8) is 0 Å². The Kier molecular flexibility index (Phi) is 5.05. The molecular weight excluding hydrogens is 304 g/mol. The molecule has 2 aromatic heterocycles. The first kappa shape index (κ1) is 16.0. The van der Waals surface area contributed by atoms with Gasteiger partial charge in [-0.1, -0.05) is 30.3 Å². The molecule has 0 spiro atoms. The maximum Gasteiger partial charge on any atom is 0.222 e. The summed E-state index contributed by atoms with van der Waals surface area (Å²) in [6, 6.07) is 11.7. The maximum absolute atomic E-state index is 12.2. The minimum Gasteiger partial charge on any atom is -0.441 e. The van der Waals surface area contributed by atoms with E-state index in [1.807, 2.05) is 47.3 Å². The molecule has 6 heteroatoms. The zero-order valence-electron chi connectivity index (χ0n) is 13.6. The second-order valence-corrected chi connectivity index (χ2v) is 5.57. The normalized spacial score (nSPS) is 10.7. The third-order valence-electron chi connectivity index (χ3n) is 3.81. The molecule has 6 nitrogen and oxygen atoms in total. The van der Waals surface area contributed by atoms with Gasteiger partial charge in [0.05, 0.1) is 12.7 Å². The van der Waals surface area contributed by atoms with Gasteiger partial charge in [0.15, 0.2) is 11.7 Å². The number of nitrogens with zero attached hydrogens (tertiary/aromatic N) is 4. The summed E-state index contributed by atoms with van der Waals surface area (Å²) in [6.45, 7) is 1.31. The Labute approximate surface area is 140 Å². The van der Waals surface area contributed by atoms with E-state index in [1.54, 1.807) is 24.3 Å². The van der Waals surface area contributed by atoms with Gasteiger partial charge in [-0.3, -0.25) is 9.48 Å². The lowest BCUT2D eigenvalue weighted by Crippen LogP contribution is -2.30. The van der Waals surface area contributed by atoms with Crippen LogP contribution in [0.25, 0.3) is 11.3 Å². The Balaban J connectivity index is 1.48. The standard InChI is InChI=1S/C18H20N4O2/c1-21(12-13-22-11-5-10-20-22)18(23)9-8-17-19-14-16(24-17)15-6-3-2-4-7-15/h2-7,10-11,14H,8-9,12-13H2,1H3. The number of aromatic nitrogens is 3. The molecule has 124 valence electrons. The summed E-state index contributed by atoms with van der Waals surface area (Å²) >= 11 is 0. The van der Waals surface area contributed by atoms with E-state index in [1.165, 1.54) is 0 Å². The van der Waals surface area contributed by atoms with E-state index in [0.717, 1.165) is 11.3 Å². The van der Waals surface area contributed by atoms with E-state index in [-0.39, 0.29) is 5.91 Å².